The summed E-state index contributed by atoms with van der Waals surface area (Å²) in [4.78, 5) is 25.5. The van der Waals surface area contributed by atoms with Crippen LogP contribution >= 0.6 is 0 Å². The molecule has 0 N–H and O–H groups in total. The lowest BCUT2D eigenvalue weighted by Crippen LogP contribution is -2.13. The summed E-state index contributed by atoms with van der Waals surface area (Å²) in [6, 6.07) is 33.7. The Kier molecular flexibility index (Phi) is 27.3. The fourth-order valence-electron chi connectivity index (χ4n) is 11.0. The van der Waals surface area contributed by atoms with Crippen molar-refractivity contribution in [2.45, 2.75) is 94.9 Å². The number of rotatable bonds is 36. The van der Waals surface area contributed by atoms with E-state index in [4.69, 9.17) is 56.8 Å². The molecule has 0 atom stereocenters. The SMILES string of the molecule is CCCCOc1cc(-c2cc(C)c(-c3cc(C)c(-c4cc(OCCOCCOCCOC)c(-c5cc(C)c(-c6cc(C)c(-c7ccc(C(=O)OC)c(OCCCC)c7)cc6C)cc5C)cc4OCCOCCOCCOC)cc3C)cc2C)ccc1C(=O)OC. The molecule has 0 aromatic heterocycles. The Hall–Kier alpha value is -7.56. The zero-order valence-corrected chi connectivity index (χ0v) is 55.7. The van der Waals surface area contributed by atoms with Crippen molar-refractivity contribution < 1.29 is 66.4 Å². The van der Waals surface area contributed by atoms with Gasteiger partial charge >= 0.3 is 11.9 Å². The van der Waals surface area contributed by atoms with Crippen molar-refractivity contribution in [3.63, 3.8) is 0 Å². The molecule has 0 amide bonds. The highest BCUT2D eigenvalue weighted by Gasteiger charge is 2.24. The second kappa shape index (κ2) is 35.2. The van der Waals surface area contributed by atoms with Crippen molar-refractivity contribution in [2.75, 3.05) is 121 Å². The van der Waals surface area contributed by atoms with Crippen LogP contribution in [0.4, 0.5) is 0 Å². The summed E-state index contributed by atoms with van der Waals surface area (Å²) in [5.41, 5.74) is 21.8. The van der Waals surface area contributed by atoms with Gasteiger partial charge in [0.1, 0.15) is 47.3 Å². The number of hydrogen-bond donors (Lipinski definition) is 0. The van der Waals surface area contributed by atoms with Gasteiger partial charge in [-0.15, -0.1) is 0 Å². The first-order valence-electron chi connectivity index (χ1n) is 31.5. The average Bonchev–Trinajstić information content (AvgIpc) is 2.14. The molecule has 7 aromatic rings. The van der Waals surface area contributed by atoms with Crippen molar-refractivity contribution in [3.05, 3.63) is 153 Å². The van der Waals surface area contributed by atoms with Crippen LogP contribution in [-0.4, -0.2) is 133 Å². The van der Waals surface area contributed by atoms with Crippen LogP contribution < -0.4 is 18.9 Å². The third-order valence-corrected chi connectivity index (χ3v) is 16.0. The van der Waals surface area contributed by atoms with Gasteiger partial charge in [0, 0.05) is 25.3 Å². The van der Waals surface area contributed by atoms with Crippen molar-refractivity contribution in [3.8, 4) is 89.8 Å². The van der Waals surface area contributed by atoms with Crippen molar-refractivity contribution in [2.24, 2.45) is 0 Å². The second-order valence-corrected chi connectivity index (χ2v) is 22.7. The summed E-state index contributed by atoms with van der Waals surface area (Å²) < 4.78 is 69.9. The molecule has 0 saturated heterocycles. The van der Waals surface area contributed by atoms with Gasteiger partial charge < -0.3 is 56.8 Å². The molecular weight excluding hydrogens is 1140 g/mol. The fourth-order valence-corrected chi connectivity index (χ4v) is 11.0. The van der Waals surface area contributed by atoms with E-state index in [0.29, 0.717) is 113 Å². The van der Waals surface area contributed by atoms with Crippen LogP contribution in [0.15, 0.2) is 97.1 Å². The first-order valence-corrected chi connectivity index (χ1v) is 31.5. The molecule has 0 radical (unpaired) electrons. The zero-order chi connectivity index (χ0) is 64.7. The van der Waals surface area contributed by atoms with Crippen LogP contribution in [0.3, 0.4) is 0 Å². The Balaban J connectivity index is 1.29. The molecule has 0 aliphatic carbocycles. The number of unbranched alkanes of at least 4 members (excludes halogenated alkanes) is 2. The molecule has 0 fully saturated rings. The number of benzene rings is 7. The summed E-state index contributed by atoms with van der Waals surface area (Å²) in [6.07, 6.45) is 3.69. The molecule has 7 rings (SSSR count). The van der Waals surface area contributed by atoms with Crippen LogP contribution in [0.5, 0.6) is 23.0 Å². The first-order chi connectivity index (χ1) is 43.6. The lowest BCUT2D eigenvalue weighted by atomic mass is 9.86. The molecular formula is C76H94O14. The predicted octanol–water partition coefficient (Wildman–Crippen LogP) is 16.2. The minimum atomic E-state index is -0.428. The standard InChI is InChI=1S/C76H94O14/c1-15-17-23-87-71-45-57(19-21-59(71)75(77)81-13)61-37-51(5)63(39-49(61)3)65-41-55(9)67(43-53(65)7)69-47-74(90-36-34-86-32-30-84-28-26-80-12)70(48-73(69)89-35-33-85-31-29-83-27-25-79-11)68-44-54(8)66(42-56(68)10)64-40-50(4)62(38-52(64)6)58-20-22-60(76(78)82-14)72(46-58)88-24-18-16-2/h19-22,37-48H,15-18,23-36H2,1-14H3. The van der Waals surface area contributed by atoms with Gasteiger partial charge in [-0.2, -0.15) is 0 Å². The van der Waals surface area contributed by atoms with Gasteiger partial charge in [-0.05, 0) is 205 Å². The fraction of sp³-hybridized carbons (Fsp3) is 0.421. The normalized spacial score (nSPS) is 11.3. The monoisotopic (exact) mass is 1230 g/mol. The summed E-state index contributed by atoms with van der Waals surface area (Å²) in [6.45, 7) is 27.4. The highest BCUT2D eigenvalue weighted by molar-refractivity contribution is 5.95. The molecule has 14 heteroatoms. The third kappa shape index (κ3) is 18.3. The van der Waals surface area contributed by atoms with E-state index in [0.717, 1.165) is 137 Å². The van der Waals surface area contributed by atoms with E-state index in [1.165, 1.54) is 14.2 Å². The summed E-state index contributed by atoms with van der Waals surface area (Å²) in [5, 5.41) is 0. The molecule has 0 bridgehead atoms. The van der Waals surface area contributed by atoms with Crippen molar-refractivity contribution in [1.29, 1.82) is 0 Å². The first kappa shape index (κ1) is 69.9. The molecule has 14 nitrogen and oxygen atoms in total. The molecule has 482 valence electrons. The maximum absolute atomic E-state index is 12.8. The van der Waals surface area contributed by atoms with Gasteiger partial charge in [-0.1, -0.05) is 87.4 Å². The molecule has 0 saturated carbocycles. The summed E-state index contributed by atoms with van der Waals surface area (Å²) >= 11 is 0. The third-order valence-electron chi connectivity index (χ3n) is 16.0. The summed E-state index contributed by atoms with van der Waals surface area (Å²) in [5.74, 6) is 1.55. The van der Waals surface area contributed by atoms with Gasteiger partial charge in [-0.3, -0.25) is 0 Å². The van der Waals surface area contributed by atoms with E-state index in [2.05, 4.69) is 130 Å². The lowest BCUT2D eigenvalue weighted by Gasteiger charge is -2.22. The Morgan fingerprint density at radius 3 is 0.856 bits per heavy atom. The van der Waals surface area contributed by atoms with E-state index >= 15 is 0 Å². The number of carbonyl (C=O) groups is 2. The molecule has 0 spiro atoms. The largest absolute Gasteiger partial charge is 0.493 e. The van der Waals surface area contributed by atoms with Gasteiger partial charge in [0.2, 0.25) is 0 Å². The van der Waals surface area contributed by atoms with Crippen LogP contribution in [0.2, 0.25) is 0 Å². The number of aryl methyl sites for hydroxylation is 8. The smallest absolute Gasteiger partial charge is 0.341 e. The van der Waals surface area contributed by atoms with Crippen LogP contribution in [0, 0.1) is 55.4 Å². The van der Waals surface area contributed by atoms with Gasteiger partial charge in [0.05, 0.1) is 93.5 Å². The molecule has 0 aliphatic rings. The number of carbonyl (C=O) groups excluding carboxylic acids is 2. The zero-order valence-electron chi connectivity index (χ0n) is 55.7. The molecule has 0 heterocycles. The highest BCUT2D eigenvalue weighted by atomic mass is 16.6. The maximum Gasteiger partial charge on any atom is 0.341 e. The average molecular weight is 1230 g/mol. The van der Waals surface area contributed by atoms with Crippen LogP contribution in [0.25, 0.3) is 66.8 Å². The van der Waals surface area contributed by atoms with Crippen LogP contribution in [-0.2, 0) is 37.9 Å². The van der Waals surface area contributed by atoms with Crippen LogP contribution in [0.1, 0.15) is 105 Å². The minimum Gasteiger partial charge on any atom is -0.493 e. The van der Waals surface area contributed by atoms with Crippen molar-refractivity contribution >= 4 is 11.9 Å². The Bertz CT molecular complexity index is 3300. The predicted molar refractivity (Wildman–Crippen MR) is 358 cm³/mol. The Morgan fingerprint density at radius 2 is 0.556 bits per heavy atom. The van der Waals surface area contributed by atoms with E-state index < -0.39 is 11.9 Å². The van der Waals surface area contributed by atoms with Gasteiger partial charge in [0.25, 0.3) is 0 Å². The summed E-state index contributed by atoms with van der Waals surface area (Å²) in [7, 11) is 6.09. The number of esters is 2. The molecule has 0 unspecified atom stereocenters. The Labute approximate surface area is 534 Å². The number of methoxy groups -OCH3 is 4. The number of ether oxygens (including phenoxy) is 12. The topological polar surface area (TPSA) is 145 Å². The minimum absolute atomic E-state index is 0.290. The molecule has 90 heavy (non-hydrogen) atoms. The maximum atomic E-state index is 12.8. The molecule has 0 aliphatic heterocycles. The van der Waals surface area contributed by atoms with E-state index in [9.17, 15) is 9.59 Å². The Morgan fingerprint density at radius 1 is 0.289 bits per heavy atom. The lowest BCUT2D eigenvalue weighted by molar-refractivity contribution is 0.0178. The van der Waals surface area contributed by atoms with E-state index in [-0.39, 0.29) is 13.2 Å². The second-order valence-electron chi connectivity index (χ2n) is 22.7. The number of hydrogen-bond acceptors (Lipinski definition) is 14. The van der Waals surface area contributed by atoms with E-state index in [1.54, 1.807) is 26.4 Å². The highest BCUT2D eigenvalue weighted by Crippen LogP contribution is 2.47. The van der Waals surface area contributed by atoms with E-state index in [1.807, 2.05) is 24.3 Å². The van der Waals surface area contributed by atoms with Gasteiger partial charge in [0.15, 0.2) is 0 Å². The van der Waals surface area contributed by atoms with Gasteiger partial charge in [-0.25, -0.2) is 9.59 Å². The van der Waals surface area contributed by atoms with Crippen molar-refractivity contribution in [1.82, 2.24) is 0 Å². The molecule has 7 aromatic carbocycles. The quantitative estimate of drug-likeness (QED) is 0.0271.